The zero-order valence-electron chi connectivity index (χ0n) is 13.9. The van der Waals surface area contributed by atoms with Crippen molar-refractivity contribution in [3.63, 3.8) is 0 Å². The molecule has 0 fully saturated rings. The largest absolute Gasteiger partial charge is 0.497 e. The number of carbonyl (C=O) groups is 1. The van der Waals surface area contributed by atoms with Crippen LogP contribution in [-0.2, 0) is 11.2 Å². The topological polar surface area (TPSA) is 89.3 Å². The Kier molecular flexibility index (Phi) is 7.04. The Balaban J connectivity index is 1.75. The van der Waals surface area contributed by atoms with E-state index in [1.165, 1.54) is 5.56 Å². The van der Waals surface area contributed by atoms with E-state index in [4.69, 9.17) is 10.5 Å². The van der Waals surface area contributed by atoms with Gasteiger partial charge in [-0.15, -0.1) is 0 Å². The number of nitrogens with two attached hydrogens (primary N) is 1. The summed E-state index contributed by atoms with van der Waals surface area (Å²) in [5.41, 5.74) is 7.54. The molecule has 0 radical (unpaired) electrons. The van der Waals surface area contributed by atoms with Crippen LogP contribution in [0.2, 0.25) is 0 Å². The average Bonchev–Trinajstić information content (AvgIpc) is 2.62. The van der Waals surface area contributed by atoms with Crippen molar-refractivity contribution in [1.82, 2.24) is 4.98 Å². The van der Waals surface area contributed by atoms with Gasteiger partial charge < -0.3 is 21.1 Å². The standard InChI is InChI=1S/C18H24N4O2/c1-24-16-7-4-14(5-8-16)10-12-20-15-6-9-17(21-13-15)22-18(23)3-2-11-19/h4-9,13,20H,2-3,10-12,19H2,1H3,(H,21,22,23). The number of hydrogen-bond donors (Lipinski definition) is 3. The first-order valence-electron chi connectivity index (χ1n) is 8.04. The molecule has 1 aromatic heterocycles. The lowest BCUT2D eigenvalue weighted by atomic mass is 10.1. The highest BCUT2D eigenvalue weighted by Crippen LogP contribution is 2.13. The lowest BCUT2D eigenvalue weighted by Gasteiger charge is -2.08. The molecular weight excluding hydrogens is 304 g/mol. The molecule has 2 rings (SSSR count). The first-order chi connectivity index (χ1) is 11.7. The summed E-state index contributed by atoms with van der Waals surface area (Å²) in [6.45, 7) is 1.31. The number of rotatable bonds is 9. The maximum Gasteiger partial charge on any atom is 0.225 e. The monoisotopic (exact) mass is 328 g/mol. The third-order valence-corrected chi connectivity index (χ3v) is 3.54. The van der Waals surface area contributed by atoms with E-state index in [1.807, 2.05) is 18.2 Å². The van der Waals surface area contributed by atoms with Crippen LogP contribution < -0.4 is 21.1 Å². The number of aromatic nitrogens is 1. The third kappa shape index (κ3) is 5.89. The molecule has 128 valence electrons. The van der Waals surface area contributed by atoms with Gasteiger partial charge in [-0.1, -0.05) is 12.1 Å². The van der Waals surface area contributed by atoms with E-state index in [2.05, 4.69) is 27.8 Å². The van der Waals surface area contributed by atoms with E-state index in [1.54, 1.807) is 19.4 Å². The first-order valence-corrected chi connectivity index (χ1v) is 8.04. The molecule has 0 bridgehead atoms. The highest BCUT2D eigenvalue weighted by atomic mass is 16.5. The van der Waals surface area contributed by atoms with Gasteiger partial charge in [0.2, 0.25) is 5.91 Å². The number of nitrogens with one attached hydrogen (secondary N) is 2. The Morgan fingerprint density at radius 3 is 2.62 bits per heavy atom. The normalized spacial score (nSPS) is 10.2. The fourth-order valence-corrected chi connectivity index (χ4v) is 2.18. The summed E-state index contributed by atoms with van der Waals surface area (Å²) in [4.78, 5) is 15.8. The van der Waals surface area contributed by atoms with Crippen LogP contribution in [0, 0.1) is 0 Å². The molecule has 24 heavy (non-hydrogen) atoms. The maximum absolute atomic E-state index is 11.6. The van der Waals surface area contributed by atoms with Crippen LogP contribution in [0.1, 0.15) is 18.4 Å². The average molecular weight is 328 g/mol. The Morgan fingerprint density at radius 1 is 1.21 bits per heavy atom. The van der Waals surface area contributed by atoms with E-state index in [-0.39, 0.29) is 5.91 Å². The SMILES string of the molecule is COc1ccc(CCNc2ccc(NC(=O)CCCN)nc2)cc1. The van der Waals surface area contributed by atoms with Crippen molar-refractivity contribution in [1.29, 1.82) is 0 Å². The summed E-state index contributed by atoms with van der Waals surface area (Å²) in [5.74, 6) is 1.35. The van der Waals surface area contributed by atoms with E-state index in [0.717, 1.165) is 24.4 Å². The highest BCUT2D eigenvalue weighted by Gasteiger charge is 2.02. The van der Waals surface area contributed by atoms with Crippen molar-refractivity contribution in [2.45, 2.75) is 19.3 Å². The van der Waals surface area contributed by atoms with Gasteiger partial charge in [-0.25, -0.2) is 4.98 Å². The number of methoxy groups -OCH3 is 1. The zero-order chi connectivity index (χ0) is 17.2. The first kappa shape index (κ1) is 17.7. The van der Waals surface area contributed by atoms with Gasteiger partial charge in [0.15, 0.2) is 0 Å². The Hall–Kier alpha value is -2.60. The van der Waals surface area contributed by atoms with Gasteiger partial charge in [0.05, 0.1) is 19.0 Å². The van der Waals surface area contributed by atoms with E-state index in [9.17, 15) is 4.79 Å². The lowest BCUT2D eigenvalue weighted by molar-refractivity contribution is -0.116. The number of hydrogen-bond acceptors (Lipinski definition) is 5. The summed E-state index contributed by atoms with van der Waals surface area (Å²) < 4.78 is 5.14. The molecule has 0 unspecified atom stereocenters. The number of ether oxygens (including phenoxy) is 1. The molecule has 0 saturated heterocycles. The van der Waals surface area contributed by atoms with Crippen LogP contribution in [0.3, 0.4) is 0 Å². The molecule has 0 aliphatic rings. The van der Waals surface area contributed by atoms with Crippen LogP contribution in [0.4, 0.5) is 11.5 Å². The lowest BCUT2D eigenvalue weighted by Crippen LogP contribution is -2.14. The molecule has 2 aromatic rings. The second-order valence-corrected chi connectivity index (χ2v) is 5.40. The van der Waals surface area contributed by atoms with E-state index < -0.39 is 0 Å². The third-order valence-electron chi connectivity index (χ3n) is 3.54. The smallest absolute Gasteiger partial charge is 0.225 e. The molecule has 0 saturated carbocycles. The van der Waals surface area contributed by atoms with Crippen molar-refractivity contribution in [3.8, 4) is 5.75 Å². The zero-order valence-corrected chi connectivity index (χ0v) is 13.9. The summed E-state index contributed by atoms with van der Waals surface area (Å²) in [7, 11) is 1.66. The molecule has 1 amide bonds. The second-order valence-electron chi connectivity index (χ2n) is 5.40. The number of anilines is 2. The van der Waals surface area contributed by atoms with Crippen LogP contribution in [0.5, 0.6) is 5.75 Å². The minimum Gasteiger partial charge on any atom is -0.497 e. The van der Waals surface area contributed by atoms with E-state index >= 15 is 0 Å². The number of benzene rings is 1. The van der Waals surface area contributed by atoms with Gasteiger partial charge in [-0.3, -0.25) is 4.79 Å². The minimum atomic E-state index is -0.0619. The van der Waals surface area contributed by atoms with Gasteiger partial charge in [-0.2, -0.15) is 0 Å². The van der Waals surface area contributed by atoms with Crippen molar-refractivity contribution in [2.75, 3.05) is 30.8 Å². The predicted octanol–water partition coefficient (Wildman–Crippen LogP) is 2.42. The molecule has 0 atom stereocenters. The van der Waals surface area contributed by atoms with Crippen molar-refractivity contribution >= 4 is 17.4 Å². The summed E-state index contributed by atoms with van der Waals surface area (Å²) in [6.07, 6.45) is 3.71. The molecule has 0 aliphatic carbocycles. The van der Waals surface area contributed by atoms with E-state index in [0.29, 0.717) is 25.2 Å². The van der Waals surface area contributed by atoms with Crippen LogP contribution in [-0.4, -0.2) is 31.1 Å². The maximum atomic E-state index is 11.6. The Bertz CT molecular complexity index is 626. The van der Waals surface area contributed by atoms with Gasteiger partial charge >= 0.3 is 0 Å². The summed E-state index contributed by atoms with van der Waals surface area (Å²) >= 11 is 0. The number of pyridine rings is 1. The van der Waals surface area contributed by atoms with Crippen LogP contribution in [0.15, 0.2) is 42.6 Å². The fraction of sp³-hybridized carbons (Fsp3) is 0.333. The molecule has 1 aromatic carbocycles. The molecule has 0 spiro atoms. The number of nitrogens with zero attached hydrogens (tertiary/aromatic N) is 1. The minimum absolute atomic E-state index is 0.0619. The van der Waals surface area contributed by atoms with Crippen molar-refractivity contribution in [2.24, 2.45) is 5.73 Å². The Labute approximate surface area is 142 Å². The predicted molar refractivity (Wildman–Crippen MR) is 96.3 cm³/mol. The fourth-order valence-electron chi connectivity index (χ4n) is 2.18. The van der Waals surface area contributed by atoms with Gasteiger partial charge in [-0.05, 0) is 49.2 Å². The highest BCUT2D eigenvalue weighted by molar-refractivity contribution is 5.89. The molecular formula is C18H24N4O2. The van der Waals surface area contributed by atoms with Crippen molar-refractivity contribution in [3.05, 3.63) is 48.2 Å². The Morgan fingerprint density at radius 2 is 2.00 bits per heavy atom. The van der Waals surface area contributed by atoms with Gasteiger partial charge in [0.25, 0.3) is 0 Å². The van der Waals surface area contributed by atoms with Crippen LogP contribution >= 0.6 is 0 Å². The number of carbonyl (C=O) groups excluding carboxylic acids is 1. The molecule has 0 aliphatic heterocycles. The summed E-state index contributed by atoms with van der Waals surface area (Å²) in [6, 6.07) is 11.7. The van der Waals surface area contributed by atoms with Gasteiger partial charge in [0.1, 0.15) is 11.6 Å². The second kappa shape index (κ2) is 9.52. The van der Waals surface area contributed by atoms with Gasteiger partial charge in [0, 0.05) is 13.0 Å². The molecule has 6 nitrogen and oxygen atoms in total. The number of amides is 1. The quantitative estimate of drug-likeness (QED) is 0.658. The summed E-state index contributed by atoms with van der Waals surface area (Å²) in [5, 5.41) is 6.07. The van der Waals surface area contributed by atoms with Crippen molar-refractivity contribution < 1.29 is 9.53 Å². The van der Waals surface area contributed by atoms with Crippen LogP contribution in [0.25, 0.3) is 0 Å². The molecule has 1 heterocycles. The molecule has 6 heteroatoms. The molecule has 4 N–H and O–H groups in total.